The van der Waals surface area contributed by atoms with E-state index in [9.17, 15) is 0 Å². The Morgan fingerprint density at radius 1 is 1.29 bits per heavy atom. The van der Waals surface area contributed by atoms with Crippen molar-refractivity contribution in [2.75, 3.05) is 39.8 Å². The molecule has 3 heteroatoms. The van der Waals surface area contributed by atoms with Crippen LogP contribution in [0.1, 0.15) is 39.0 Å². The van der Waals surface area contributed by atoms with Crippen molar-refractivity contribution in [2.45, 2.75) is 51.1 Å². The standard InChI is InChI=1S/C14H29N3/c1-3-17(14-7-9-15-12-14)11-8-13-6-4-5-10-16(13)2/h13-15H,3-12H2,1-2H3. The molecule has 0 amide bonds. The molecule has 0 aromatic heterocycles. The van der Waals surface area contributed by atoms with Gasteiger partial charge in [0.25, 0.3) is 0 Å². The van der Waals surface area contributed by atoms with E-state index in [1.165, 1.54) is 64.8 Å². The van der Waals surface area contributed by atoms with Crippen molar-refractivity contribution in [3.63, 3.8) is 0 Å². The normalized spacial score (nSPS) is 31.2. The molecule has 0 aliphatic carbocycles. The number of likely N-dealkylation sites (N-methyl/N-ethyl adjacent to an activating group) is 1. The number of nitrogens with one attached hydrogen (secondary N) is 1. The summed E-state index contributed by atoms with van der Waals surface area (Å²) in [5, 5.41) is 3.48. The van der Waals surface area contributed by atoms with Gasteiger partial charge in [-0.05, 0) is 58.9 Å². The predicted octanol–water partition coefficient (Wildman–Crippen LogP) is 1.54. The average molecular weight is 239 g/mol. The lowest BCUT2D eigenvalue weighted by Crippen LogP contribution is -2.42. The zero-order valence-corrected chi connectivity index (χ0v) is 11.6. The highest BCUT2D eigenvalue weighted by Gasteiger charge is 2.23. The summed E-state index contributed by atoms with van der Waals surface area (Å²) in [6.45, 7) is 8.53. The van der Waals surface area contributed by atoms with Crippen LogP contribution in [-0.4, -0.2) is 61.7 Å². The van der Waals surface area contributed by atoms with Gasteiger partial charge in [-0.2, -0.15) is 0 Å². The third-order valence-electron chi connectivity index (χ3n) is 4.63. The maximum Gasteiger partial charge on any atom is 0.0232 e. The first-order chi connectivity index (χ1) is 8.31. The Balaban J connectivity index is 1.74. The van der Waals surface area contributed by atoms with Crippen LogP contribution < -0.4 is 5.32 Å². The molecule has 17 heavy (non-hydrogen) atoms. The fraction of sp³-hybridized carbons (Fsp3) is 1.00. The summed E-state index contributed by atoms with van der Waals surface area (Å²) in [5.41, 5.74) is 0. The van der Waals surface area contributed by atoms with Gasteiger partial charge in [-0.15, -0.1) is 0 Å². The molecule has 3 nitrogen and oxygen atoms in total. The highest BCUT2D eigenvalue weighted by molar-refractivity contribution is 4.82. The Labute approximate surface area is 107 Å². The van der Waals surface area contributed by atoms with E-state index in [-0.39, 0.29) is 0 Å². The van der Waals surface area contributed by atoms with Crippen molar-refractivity contribution in [3.8, 4) is 0 Å². The molecule has 0 aromatic carbocycles. The van der Waals surface area contributed by atoms with Gasteiger partial charge in [0.2, 0.25) is 0 Å². The van der Waals surface area contributed by atoms with Gasteiger partial charge in [-0.1, -0.05) is 13.3 Å². The molecule has 0 aromatic rings. The molecule has 0 radical (unpaired) electrons. The minimum atomic E-state index is 0.800. The Morgan fingerprint density at radius 2 is 2.18 bits per heavy atom. The van der Waals surface area contributed by atoms with Crippen molar-refractivity contribution in [2.24, 2.45) is 0 Å². The molecule has 2 fully saturated rings. The van der Waals surface area contributed by atoms with E-state index in [1.807, 2.05) is 0 Å². The molecule has 2 aliphatic rings. The molecule has 2 saturated heterocycles. The molecule has 2 rings (SSSR count). The number of nitrogens with zero attached hydrogens (tertiary/aromatic N) is 2. The van der Waals surface area contributed by atoms with Crippen molar-refractivity contribution < 1.29 is 0 Å². The molecule has 2 unspecified atom stereocenters. The van der Waals surface area contributed by atoms with Crippen LogP contribution in [-0.2, 0) is 0 Å². The largest absolute Gasteiger partial charge is 0.315 e. The smallest absolute Gasteiger partial charge is 0.0232 e. The first kappa shape index (κ1) is 13.3. The molecule has 2 aliphatic heterocycles. The number of piperidine rings is 1. The van der Waals surface area contributed by atoms with E-state index in [2.05, 4.69) is 29.1 Å². The van der Waals surface area contributed by atoms with Gasteiger partial charge >= 0.3 is 0 Å². The van der Waals surface area contributed by atoms with Crippen LogP contribution in [0, 0.1) is 0 Å². The zero-order chi connectivity index (χ0) is 12.1. The summed E-state index contributed by atoms with van der Waals surface area (Å²) in [6, 6.07) is 1.64. The van der Waals surface area contributed by atoms with Crippen molar-refractivity contribution in [1.82, 2.24) is 15.1 Å². The molecule has 2 heterocycles. The molecule has 0 spiro atoms. The van der Waals surface area contributed by atoms with Crippen LogP contribution >= 0.6 is 0 Å². The molecule has 2 atom stereocenters. The van der Waals surface area contributed by atoms with Gasteiger partial charge in [0.1, 0.15) is 0 Å². The maximum absolute atomic E-state index is 3.48. The van der Waals surface area contributed by atoms with E-state index in [0.29, 0.717) is 0 Å². The summed E-state index contributed by atoms with van der Waals surface area (Å²) in [6.07, 6.45) is 6.95. The lowest BCUT2D eigenvalue weighted by Gasteiger charge is -2.35. The van der Waals surface area contributed by atoms with Gasteiger partial charge < -0.3 is 10.2 Å². The minimum absolute atomic E-state index is 0.800. The second-order valence-electron chi connectivity index (χ2n) is 5.69. The van der Waals surface area contributed by atoms with Crippen LogP contribution in [0.2, 0.25) is 0 Å². The third-order valence-corrected chi connectivity index (χ3v) is 4.63. The first-order valence-corrected chi connectivity index (χ1v) is 7.46. The molecule has 100 valence electrons. The molecular formula is C14H29N3. The Hall–Kier alpha value is -0.120. The highest BCUT2D eigenvalue weighted by atomic mass is 15.2. The van der Waals surface area contributed by atoms with Gasteiger partial charge in [0.05, 0.1) is 0 Å². The van der Waals surface area contributed by atoms with E-state index < -0.39 is 0 Å². The molecule has 1 N–H and O–H groups in total. The summed E-state index contributed by atoms with van der Waals surface area (Å²) in [4.78, 5) is 5.26. The summed E-state index contributed by atoms with van der Waals surface area (Å²) in [7, 11) is 2.30. The molecular weight excluding hydrogens is 210 g/mol. The minimum Gasteiger partial charge on any atom is -0.315 e. The Bertz CT molecular complexity index is 214. The van der Waals surface area contributed by atoms with E-state index >= 15 is 0 Å². The van der Waals surface area contributed by atoms with E-state index in [0.717, 1.165) is 12.1 Å². The SMILES string of the molecule is CCN(CCC1CCCCN1C)C1CCNC1. The van der Waals surface area contributed by atoms with Crippen LogP contribution in [0.4, 0.5) is 0 Å². The van der Waals surface area contributed by atoms with Crippen molar-refractivity contribution in [1.29, 1.82) is 0 Å². The van der Waals surface area contributed by atoms with Gasteiger partial charge in [0, 0.05) is 18.6 Å². The lowest BCUT2D eigenvalue weighted by molar-refractivity contribution is 0.141. The maximum atomic E-state index is 3.48. The van der Waals surface area contributed by atoms with Crippen LogP contribution in [0.5, 0.6) is 0 Å². The van der Waals surface area contributed by atoms with E-state index in [1.54, 1.807) is 0 Å². The van der Waals surface area contributed by atoms with Crippen LogP contribution in [0.25, 0.3) is 0 Å². The first-order valence-electron chi connectivity index (χ1n) is 7.46. The Morgan fingerprint density at radius 3 is 2.82 bits per heavy atom. The van der Waals surface area contributed by atoms with Gasteiger partial charge in [-0.3, -0.25) is 4.90 Å². The van der Waals surface area contributed by atoms with Gasteiger partial charge in [-0.25, -0.2) is 0 Å². The number of hydrogen-bond donors (Lipinski definition) is 1. The second-order valence-corrected chi connectivity index (χ2v) is 5.69. The van der Waals surface area contributed by atoms with Crippen molar-refractivity contribution in [3.05, 3.63) is 0 Å². The Kier molecular flexibility index (Phi) is 5.26. The topological polar surface area (TPSA) is 18.5 Å². The highest BCUT2D eigenvalue weighted by Crippen LogP contribution is 2.19. The van der Waals surface area contributed by atoms with E-state index in [4.69, 9.17) is 0 Å². The number of rotatable bonds is 5. The fourth-order valence-electron chi connectivity index (χ4n) is 3.37. The van der Waals surface area contributed by atoms with Crippen LogP contribution in [0.3, 0.4) is 0 Å². The number of likely N-dealkylation sites (tertiary alicyclic amines) is 1. The molecule has 0 saturated carbocycles. The van der Waals surface area contributed by atoms with Crippen molar-refractivity contribution >= 4 is 0 Å². The third kappa shape index (κ3) is 3.67. The van der Waals surface area contributed by atoms with Gasteiger partial charge in [0.15, 0.2) is 0 Å². The monoisotopic (exact) mass is 239 g/mol. The fourth-order valence-corrected chi connectivity index (χ4v) is 3.37. The zero-order valence-electron chi connectivity index (χ0n) is 11.6. The summed E-state index contributed by atoms with van der Waals surface area (Å²) >= 11 is 0. The summed E-state index contributed by atoms with van der Waals surface area (Å²) < 4.78 is 0. The average Bonchev–Trinajstić information content (AvgIpc) is 2.86. The lowest BCUT2D eigenvalue weighted by atomic mass is 9.99. The number of hydrogen-bond acceptors (Lipinski definition) is 3. The summed E-state index contributed by atoms with van der Waals surface area (Å²) in [5.74, 6) is 0. The second kappa shape index (κ2) is 6.72. The van der Waals surface area contributed by atoms with Crippen LogP contribution in [0.15, 0.2) is 0 Å². The quantitative estimate of drug-likeness (QED) is 0.785. The molecule has 0 bridgehead atoms. The predicted molar refractivity (Wildman–Crippen MR) is 73.4 cm³/mol.